The summed E-state index contributed by atoms with van der Waals surface area (Å²) in [4.78, 5) is 0. The molecule has 0 aromatic heterocycles. The molecular weight excluding hydrogens is 118 g/mol. The highest BCUT2D eigenvalue weighted by Crippen LogP contribution is 2.24. The maximum absolute atomic E-state index is 10.2. The lowest BCUT2D eigenvalue weighted by molar-refractivity contribution is 0.590. The van der Waals surface area contributed by atoms with Crippen molar-refractivity contribution in [2.75, 3.05) is 6.66 Å². The van der Waals surface area contributed by atoms with Gasteiger partial charge in [0.1, 0.15) is 6.66 Å². The lowest BCUT2D eigenvalue weighted by Gasteiger charge is -1.74. The van der Waals surface area contributed by atoms with Crippen LogP contribution in [0.3, 0.4) is 0 Å². The zero-order valence-corrected chi connectivity index (χ0v) is 5.46. The van der Waals surface area contributed by atoms with Gasteiger partial charge in [-0.1, -0.05) is 16.2 Å². The van der Waals surface area contributed by atoms with E-state index in [2.05, 4.69) is 0 Å². The van der Waals surface area contributed by atoms with Crippen LogP contribution in [0.25, 0.3) is 0 Å². The van der Waals surface area contributed by atoms with Gasteiger partial charge in [0.05, 0.1) is 0 Å². The van der Waals surface area contributed by atoms with E-state index in [0.29, 0.717) is 0 Å². The third kappa shape index (κ3) is 2.62. The van der Waals surface area contributed by atoms with E-state index >= 15 is 0 Å². The summed E-state index contributed by atoms with van der Waals surface area (Å²) in [5.41, 5.74) is 0. The van der Waals surface area contributed by atoms with Gasteiger partial charge in [0.2, 0.25) is 5.12 Å². The Morgan fingerprint density at radius 2 is 2.00 bits per heavy atom. The molecule has 0 N–H and O–H groups in total. The molecule has 2 atom stereocenters. The largest absolute Gasteiger partial charge is 0.354 e. The Labute approximate surface area is 43.5 Å². The molecule has 0 spiro atoms. The second kappa shape index (κ2) is 2.54. The molecule has 0 aliphatic carbocycles. The Hall–Kier alpha value is 0.390. The van der Waals surface area contributed by atoms with E-state index in [9.17, 15) is 4.57 Å². The molecule has 0 amide bonds. The fraction of sp³-hybridized carbons (Fsp3) is 1.00. The van der Waals surface area contributed by atoms with Crippen molar-refractivity contribution in [3.8, 4) is 0 Å². The van der Waals surface area contributed by atoms with Crippen molar-refractivity contribution in [3.05, 3.63) is 0 Å². The minimum Gasteiger partial charge on any atom is -0.0734 e. The monoisotopic (exact) mass is 125 g/mol. The van der Waals surface area contributed by atoms with Crippen LogP contribution >= 0.6 is 19.4 Å². The van der Waals surface area contributed by atoms with Crippen LogP contribution in [0.15, 0.2) is 0 Å². The molecular formula is C3H7ClOP+. The van der Waals surface area contributed by atoms with Crippen molar-refractivity contribution < 1.29 is 4.57 Å². The van der Waals surface area contributed by atoms with Crippen molar-refractivity contribution in [2.45, 2.75) is 12.0 Å². The van der Waals surface area contributed by atoms with Crippen LogP contribution in [0.2, 0.25) is 0 Å². The minimum absolute atomic E-state index is 0.167. The molecule has 2 unspecified atom stereocenters. The van der Waals surface area contributed by atoms with Gasteiger partial charge in [-0.15, -0.1) is 0 Å². The van der Waals surface area contributed by atoms with E-state index in [1.54, 1.807) is 13.6 Å². The zero-order chi connectivity index (χ0) is 5.15. The molecule has 36 valence electrons. The third-order valence-electron chi connectivity index (χ3n) is 0.501. The summed E-state index contributed by atoms with van der Waals surface area (Å²) in [5, 5.41) is -0.167. The van der Waals surface area contributed by atoms with Crippen LogP contribution in [0.5, 0.6) is 0 Å². The normalized spacial score (nSPS) is 16.8. The van der Waals surface area contributed by atoms with Gasteiger partial charge in [0.15, 0.2) is 0 Å². The van der Waals surface area contributed by atoms with Gasteiger partial charge >= 0.3 is 7.80 Å². The first-order chi connectivity index (χ1) is 2.64. The quantitative estimate of drug-likeness (QED) is 0.387. The third-order valence-corrected chi connectivity index (χ3v) is 2.33. The first-order valence-corrected chi connectivity index (χ1v) is 3.90. The van der Waals surface area contributed by atoms with Gasteiger partial charge < -0.3 is 0 Å². The highest BCUT2D eigenvalue weighted by atomic mass is 35.5. The molecule has 0 rings (SSSR count). The topological polar surface area (TPSA) is 17.1 Å². The van der Waals surface area contributed by atoms with E-state index in [0.717, 1.165) is 0 Å². The second-order valence-corrected chi connectivity index (χ2v) is 3.95. The summed E-state index contributed by atoms with van der Waals surface area (Å²) in [6.07, 6.45) is 0. The molecule has 1 nitrogen and oxygen atoms in total. The first-order valence-electron chi connectivity index (χ1n) is 1.68. The maximum atomic E-state index is 10.2. The predicted octanol–water partition coefficient (Wildman–Crippen LogP) is 2.03. The Kier molecular flexibility index (Phi) is 2.71. The van der Waals surface area contributed by atoms with E-state index in [4.69, 9.17) is 11.6 Å². The molecule has 0 fully saturated rings. The van der Waals surface area contributed by atoms with Crippen LogP contribution in [-0.4, -0.2) is 11.8 Å². The minimum atomic E-state index is -1.14. The molecule has 6 heavy (non-hydrogen) atoms. The molecule has 0 radical (unpaired) electrons. The summed E-state index contributed by atoms with van der Waals surface area (Å²) < 4.78 is 10.2. The lowest BCUT2D eigenvalue weighted by Crippen LogP contribution is -1.75. The summed E-state index contributed by atoms with van der Waals surface area (Å²) in [5.74, 6) is 0. The Morgan fingerprint density at radius 1 is 1.83 bits per heavy atom. The van der Waals surface area contributed by atoms with E-state index in [1.165, 1.54) is 0 Å². The number of hydrogen-bond acceptors (Lipinski definition) is 1. The van der Waals surface area contributed by atoms with Crippen LogP contribution in [-0.2, 0) is 4.57 Å². The lowest BCUT2D eigenvalue weighted by atomic mass is 11.0. The first kappa shape index (κ1) is 6.39. The molecule has 0 heterocycles. The van der Waals surface area contributed by atoms with Gasteiger partial charge in [-0.2, -0.15) is 0 Å². The summed E-state index contributed by atoms with van der Waals surface area (Å²) >= 11 is 5.33. The van der Waals surface area contributed by atoms with Crippen LogP contribution in [0.4, 0.5) is 0 Å². The average molecular weight is 126 g/mol. The van der Waals surface area contributed by atoms with Gasteiger partial charge in [-0.25, -0.2) is 0 Å². The van der Waals surface area contributed by atoms with Gasteiger partial charge in [0.25, 0.3) is 0 Å². The van der Waals surface area contributed by atoms with Gasteiger partial charge in [0, 0.05) is 0 Å². The van der Waals surface area contributed by atoms with Crippen LogP contribution < -0.4 is 0 Å². The summed E-state index contributed by atoms with van der Waals surface area (Å²) in [6, 6.07) is 0. The highest BCUT2D eigenvalue weighted by Gasteiger charge is 2.12. The van der Waals surface area contributed by atoms with Crippen molar-refractivity contribution in [1.82, 2.24) is 0 Å². The number of halogens is 1. The van der Waals surface area contributed by atoms with Crippen molar-refractivity contribution in [3.63, 3.8) is 0 Å². The Bertz CT molecular complexity index is 61.8. The van der Waals surface area contributed by atoms with Gasteiger partial charge in [-0.3, -0.25) is 0 Å². The summed E-state index contributed by atoms with van der Waals surface area (Å²) in [6.45, 7) is 3.34. The molecule has 0 bridgehead atoms. The molecule has 0 aliphatic rings. The van der Waals surface area contributed by atoms with E-state index in [-0.39, 0.29) is 5.12 Å². The van der Waals surface area contributed by atoms with Crippen molar-refractivity contribution in [2.24, 2.45) is 0 Å². The van der Waals surface area contributed by atoms with E-state index in [1.807, 2.05) is 0 Å². The highest BCUT2D eigenvalue weighted by molar-refractivity contribution is 7.46. The van der Waals surface area contributed by atoms with Crippen LogP contribution in [0, 0.1) is 0 Å². The SMILES string of the molecule is CC(Cl)[P+](C)=O. The standard InChI is InChI=1S/C3H7ClOP/c1-3(4)6(2)5/h3H,1-2H3/q+1. The summed E-state index contributed by atoms with van der Waals surface area (Å²) in [7, 11) is -1.14. The second-order valence-electron chi connectivity index (χ2n) is 1.12. The molecule has 3 heteroatoms. The van der Waals surface area contributed by atoms with Crippen molar-refractivity contribution >= 4 is 19.4 Å². The molecule has 0 aromatic rings. The Balaban J connectivity index is 3.26. The molecule has 0 aliphatic heterocycles. The fourth-order valence-corrected chi connectivity index (χ4v) is 0. The van der Waals surface area contributed by atoms with Crippen LogP contribution in [0.1, 0.15) is 6.92 Å². The van der Waals surface area contributed by atoms with E-state index < -0.39 is 7.80 Å². The smallest absolute Gasteiger partial charge is 0.0734 e. The molecule has 0 aromatic carbocycles. The molecule has 0 saturated carbocycles. The number of alkyl halides is 1. The molecule has 0 saturated heterocycles. The number of rotatable bonds is 1. The maximum Gasteiger partial charge on any atom is 0.354 e. The van der Waals surface area contributed by atoms with Crippen molar-refractivity contribution in [1.29, 1.82) is 0 Å². The van der Waals surface area contributed by atoms with Gasteiger partial charge in [-0.05, 0) is 6.92 Å². The zero-order valence-electron chi connectivity index (χ0n) is 3.81. The predicted molar refractivity (Wildman–Crippen MR) is 28.8 cm³/mol. The average Bonchev–Trinajstić information content (AvgIpc) is 1.36. The fourth-order valence-electron chi connectivity index (χ4n) is 0. The number of hydrogen-bond donors (Lipinski definition) is 0. The Morgan fingerprint density at radius 3 is 2.00 bits per heavy atom.